The molecule has 8 nitrogen and oxygen atoms in total. The van der Waals surface area contributed by atoms with Crippen molar-refractivity contribution in [1.82, 2.24) is 30.1 Å². The molecule has 27 heavy (non-hydrogen) atoms. The molecule has 2 amide bonds. The molecule has 0 bridgehead atoms. The second kappa shape index (κ2) is 8.22. The van der Waals surface area contributed by atoms with Gasteiger partial charge in [0.05, 0.1) is 5.69 Å². The van der Waals surface area contributed by atoms with Crippen LogP contribution in [0.4, 0.5) is 10.5 Å². The number of nitrogens with one attached hydrogen (secondary N) is 2. The van der Waals surface area contributed by atoms with E-state index in [9.17, 15) is 4.79 Å². The number of aromatic amines is 1. The number of likely N-dealkylation sites (tertiary alicyclic amines) is 1. The van der Waals surface area contributed by atoms with Crippen LogP contribution >= 0.6 is 0 Å². The first-order chi connectivity index (χ1) is 13.2. The molecular weight excluding hydrogens is 342 g/mol. The second-order valence-corrected chi connectivity index (χ2v) is 7.70. The largest absolute Gasteiger partial charge is 0.322 e. The Morgan fingerprint density at radius 3 is 2.89 bits per heavy atom. The van der Waals surface area contributed by atoms with Gasteiger partial charge >= 0.3 is 6.03 Å². The van der Waals surface area contributed by atoms with E-state index in [2.05, 4.69) is 37.6 Å². The van der Waals surface area contributed by atoms with Crippen molar-refractivity contribution in [3.05, 3.63) is 18.2 Å². The Morgan fingerprint density at radius 1 is 1.19 bits per heavy atom. The number of fused-ring (bicyclic) bond motifs is 1. The molecule has 0 aliphatic carbocycles. The summed E-state index contributed by atoms with van der Waals surface area (Å²) in [6.45, 7) is 6.43. The lowest BCUT2D eigenvalue weighted by atomic mass is 9.99. The van der Waals surface area contributed by atoms with Gasteiger partial charge in [0.15, 0.2) is 0 Å². The quantitative estimate of drug-likeness (QED) is 0.859. The number of aromatic nitrogens is 3. The summed E-state index contributed by atoms with van der Waals surface area (Å²) in [6.07, 6.45) is 4.42. The lowest BCUT2D eigenvalue weighted by Gasteiger charge is -2.38. The van der Waals surface area contributed by atoms with Gasteiger partial charge in [-0.1, -0.05) is 6.07 Å². The number of rotatable bonds is 4. The maximum absolute atomic E-state index is 13.0. The van der Waals surface area contributed by atoms with Crippen LogP contribution in [0.25, 0.3) is 11.0 Å². The lowest BCUT2D eigenvalue weighted by Crippen LogP contribution is -2.49. The molecule has 3 heterocycles. The predicted octanol–water partition coefficient (Wildman–Crippen LogP) is 1.98. The summed E-state index contributed by atoms with van der Waals surface area (Å²) in [6, 6.07) is 5.95. The number of H-pyrrole nitrogens is 1. The molecule has 8 heteroatoms. The van der Waals surface area contributed by atoms with Crippen molar-refractivity contribution < 1.29 is 4.79 Å². The third-order valence-electron chi connectivity index (χ3n) is 5.85. The molecule has 1 aromatic carbocycles. The zero-order valence-corrected chi connectivity index (χ0v) is 16.0. The monoisotopic (exact) mass is 371 g/mol. The molecule has 0 saturated carbocycles. The minimum absolute atomic E-state index is 0.0198. The average Bonchev–Trinajstić information content (AvgIpc) is 3.18. The van der Waals surface area contributed by atoms with Gasteiger partial charge in [0.1, 0.15) is 11.0 Å². The van der Waals surface area contributed by atoms with Crippen LogP contribution in [0.5, 0.6) is 0 Å². The Morgan fingerprint density at radius 2 is 2.04 bits per heavy atom. The summed E-state index contributed by atoms with van der Waals surface area (Å²) >= 11 is 0. The van der Waals surface area contributed by atoms with Gasteiger partial charge in [-0.3, -0.25) is 0 Å². The van der Waals surface area contributed by atoms with E-state index < -0.39 is 0 Å². The number of urea groups is 1. The van der Waals surface area contributed by atoms with Gasteiger partial charge < -0.3 is 20.0 Å². The summed E-state index contributed by atoms with van der Waals surface area (Å²) in [5.41, 5.74) is 2.18. The molecule has 2 aromatic rings. The van der Waals surface area contributed by atoms with E-state index in [0.29, 0.717) is 11.6 Å². The van der Waals surface area contributed by atoms with Crippen LogP contribution in [0.1, 0.15) is 25.7 Å². The zero-order chi connectivity index (χ0) is 18.6. The first-order valence-electron chi connectivity index (χ1n) is 9.99. The van der Waals surface area contributed by atoms with Gasteiger partial charge in [-0.15, -0.1) is 0 Å². The molecule has 4 rings (SSSR count). The number of amides is 2. The molecule has 1 aromatic heterocycles. The SMILES string of the molecule is CN1CCN(CC[C@H]2CCCCN2C(=O)Nc2cccc3n[nH]nc23)CC1. The van der Waals surface area contributed by atoms with E-state index in [4.69, 9.17) is 0 Å². The highest BCUT2D eigenvalue weighted by molar-refractivity contribution is 5.98. The molecule has 0 unspecified atom stereocenters. The van der Waals surface area contributed by atoms with Gasteiger partial charge in [-0.05, 0) is 44.9 Å². The normalized spacial score (nSPS) is 22.3. The molecule has 1 atom stereocenters. The van der Waals surface area contributed by atoms with E-state index in [1.165, 1.54) is 6.42 Å². The van der Waals surface area contributed by atoms with Crippen LogP contribution in [0.2, 0.25) is 0 Å². The van der Waals surface area contributed by atoms with E-state index in [1.807, 2.05) is 23.1 Å². The Hall–Kier alpha value is -2.19. The van der Waals surface area contributed by atoms with Crippen LogP contribution in [0, 0.1) is 0 Å². The third-order valence-corrected chi connectivity index (χ3v) is 5.85. The van der Waals surface area contributed by atoms with Crippen molar-refractivity contribution in [3.8, 4) is 0 Å². The van der Waals surface area contributed by atoms with Crippen LogP contribution in [0.15, 0.2) is 18.2 Å². The number of anilines is 1. The minimum Gasteiger partial charge on any atom is -0.322 e. The number of carbonyl (C=O) groups is 1. The Bertz CT molecular complexity index is 768. The number of likely N-dealkylation sites (N-methyl/N-ethyl adjacent to an activating group) is 1. The average molecular weight is 371 g/mol. The smallest absolute Gasteiger partial charge is 0.322 e. The summed E-state index contributed by atoms with van der Waals surface area (Å²) in [5.74, 6) is 0. The fraction of sp³-hybridized carbons (Fsp3) is 0.632. The Kier molecular flexibility index (Phi) is 5.54. The van der Waals surface area contributed by atoms with E-state index in [1.54, 1.807) is 0 Å². The summed E-state index contributed by atoms with van der Waals surface area (Å²) in [4.78, 5) is 19.9. The Balaban J connectivity index is 1.38. The van der Waals surface area contributed by atoms with Crippen LogP contribution in [-0.4, -0.2) is 88.5 Å². The van der Waals surface area contributed by atoms with Crippen molar-refractivity contribution in [1.29, 1.82) is 0 Å². The topological polar surface area (TPSA) is 80.4 Å². The molecule has 146 valence electrons. The Labute approximate surface area is 159 Å². The highest BCUT2D eigenvalue weighted by Gasteiger charge is 2.28. The van der Waals surface area contributed by atoms with Crippen LogP contribution < -0.4 is 5.32 Å². The summed E-state index contributed by atoms with van der Waals surface area (Å²) < 4.78 is 0. The van der Waals surface area contributed by atoms with Crippen molar-refractivity contribution in [2.24, 2.45) is 0 Å². The fourth-order valence-electron chi connectivity index (χ4n) is 4.13. The van der Waals surface area contributed by atoms with Crippen molar-refractivity contribution >= 4 is 22.8 Å². The fourth-order valence-corrected chi connectivity index (χ4v) is 4.13. The van der Waals surface area contributed by atoms with Gasteiger partial charge in [0.2, 0.25) is 0 Å². The number of benzene rings is 1. The van der Waals surface area contributed by atoms with Gasteiger partial charge in [-0.25, -0.2) is 4.79 Å². The molecule has 0 radical (unpaired) electrons. The highest BCUT2D eigenvalue weighted by atomic mass is 16.2. The van der Waals surface area contributed by atoms with Crippen molar-refractivity contribution in [2.45, 2.75) is 31.7 Å². The first-order valence-corrected chi connectivity index (χ1v) is 9.99. The number of piperazine rings is 1. The summed E-state index contributed by atoms with van der Waals surface area (Å²) in [5, 5.41) is 13.9. The standard InChI is InChI=1S/C19H29N7O/c1-24-11-13-25(14-12-24)10-8-15-5-2-3-9-26(15)19(27)20-16-6-4-7-17-18(16)22-23-21-17/h4,6-7,15H,2-3,5,8-14H2,1H3,(H,20,27)(H,21,22,23)/t15-/m1/s1. The number of carbonyl (C=O) groups excluding carboxylic acids is 1. The van der Waals surface area contributed by atoms with E-state index >= 15 is 0 Å². The molecular formula is C19H29N7O. The van der Waals surface area contributed by atoms with E-state index in [0.717, 1.165) is 69.7 Å². The first kappa shape index (κ1) is 18.2. The minimum atomic E-state index is -0.0198. The number of hydrogen-bond donors (Lipinski definition) is 2. The van der Waals surface area contributed by atoms with Gasteiger partial charge in [0.25, 0.3) is 0 Å². The molecule has 2 fully saturated rings. The highest BCUT2D eigenvalue weighted by Crippen LogP contribution is 2.24. The molecule has 2 aliphatic rings. The maximum Gasteiger partial charge on any atom is 0.322 e. The van der Waals surface area contributed by atoms with Gasteiger partial charge in [-0.2, -0.15) is 15.4 Å². The van der Waals surface area contributed by atoms with E-state index in [-0.39, 0.29) is 6.03 Å². The van der Waals surface area contributed by atoms with Crippen LogP contribution in [0.3, 0.4) is 0 Å². The van der Waals surface area contributed by atoms with Crippen LogP contribution in [-0.2, 0) is 0 Å². The molecule has 0 spiro atoms. The zero-order valence-electron chi connectivity index (χ0n) is 16.0. The molecule has 2 aliphatic heterocycles. The number of hydrogen-bond acceptors (Lipinski definition) is 5. The predicted molar refractivity (Wildman–Crippen MR) is 106 cm³/mol. The maximum atomic E-state index is 13.0. The van der Waals surface area contributed by atoms with Crippen molar-refractivity contribution in [2.75, 3.05) is 51.6 Å². The summed E-state index contributed by atoms with van der Waals surface area (Å²) in [7, 11) is 2.18. The number of para-hydroxylation sites is 1. The third kappa shape index (κ3) is 4.22. The lowest BCUT2D eigenvalue weighted by molar-refractivity contribution is 0.122. The number of piperidine rings is 1. The van der Waals surface area contributed by atoms with Gasteiger partial charge in [0, 0.05) is 45.3 Å². The second-order valence-electron chi connectivity index (χ2n) is 7.70. The molecule has 2 N–H and O–H groups in total. The van der Waals surface area contributed by atoms with Crippen molar-refractivity contribution in [3.63, 3.8) is 0 Å². The molecule has 2 saturated heterocycles. The number of nitrogens with zero attached hydrogens (tertiary/aromatic N) is 5.